The van der Waals surface area contributed by atoms with Crippen LogP contribution in [0.15, 0.2) is 77.7 Å². The van der Waals surface area contributed by atoms with Crippen molar-refractivity contribution in [3.05, 3.63) is 83.9 Å². The first-order valence-electron chi connectivity index (χ1n) is 12.9. The fraction of sp³-hybridized carbons (Fsp3) is 0.345. The van der Waals surface area contributed by atoms with Crippen LogP contribution in [0.1, 0.15) is 36.8 Å². The fourth-order valence-electron chi connectivity index (χ4n) is 4.61. The highest BCUT2D eigenvalue weighted by molar-refractivity contribution is 7.89. The van der Waals surface area contributed by atoms with Crippen LogP contribution in [0, 0.1) is 0 Å². The Kier molecular flexibility index (Phi) is 9.46. The largest absolute Gasteiger partial charge is 0.326 e. The highest BCUT2D eigenvalue weighted by Crippen LogP contribution is 2.24. The Balaban J connectivity index is 1.27. The number of sulfonamides is 1. The number of hydrogen-bond acceptors (Lipinski definition) is 5. The molecule has 0 spiro atoms. The van der Waals surface area contributed by atoms with E-state index in [2.05, 4.69) is 39.8 Å². The molecule has 37 heavy (non-hydrogen) atoms. The van der Waals surface area contributed by atoms with Crippen molar-refractivity contribution < 1.29 is 13.2 Å². The Morgan fingerprint density at radius 3 is 2.30 bits per heavy atom. The van der Waals surface area contributed by atoms with Gasteiger partial charge in [0.05, 0.1) is 4.90 Å². The minimum atomic E-state index is -3.66. The molecule has 0 radical (unpaired) electrons. The van der Waals surface area contributed by atoms with Crippen LogP contribution in [-0.2, 0) is 27.8 Å². The second-order valence-electron chi connectivity index (χ2n) is 9.60. The van der Waals surface area contributed by atoms with Crippen molar-refractivity contribution in [3.63, 3.8) is 0 Å². The molecular formula is C29H36N4O3S. The maximum atomic E-state index is 12.5. The van der Waals surface area contributed by atoms with Crippen molar-refractivity contribution in [2.75, 3.05) is 31.5 Å². The Hall–Kier alpha value is -3.04. The molecule has 7 nitrogen and oxygen atoms in total. The predicted molar refractivity (Wildman–Crippen MR) is 149 cm³/mol. The van der Waals surface area contributed by atoms with E-state index in [1.165, 1.54) is 19.3 Å². The molecule has 0 bridgehead atoms. The number of carbonyl (C=O) groups is 1. The molecule has 1 aliphatic heterocycles. The number of amides is 1. The first-order valence-corrected chi connectivity index (χ1v) is 14.5. The smallest absolute Gasteiger partial charge is 0.238 e. The van der Waals surface area contributed by atoms with Gasteiger partial charge in [-0.1, -0.05) is 48.9 Å². The number of nitrogens with one attached hydrogen (secondary N) is 2. The molecule has 0 unspecified atom stereocenters. The fourth-order valence-corrected chi connectivity index (χ4v) is 5.13. The summed E-state index contributed by atoms with van der Waals surface area (Å²) < 4.78 is 22.8. The summed E-state index contributed by atoms with van der Waals surface area (Å²) in [5.74, 6) is 0.0555. The molecule has 1 fully saturated rings. The number of nitrogens with two attached hydrogens (primary N) is 1. The van der Waals surface area contributed by atoms with Gasteiger partial charge in [-0.05, 0) is 91.5 Å². The van der Waals surface area contributed by atoms with Crippen molar-refractivity contribution in [2.24, 2.45) is 5.14 Å². The number of primary sulfonamides is 1. The Morgan fingerprint density at radius 1 is 0.865 bits per heavy atom. The Labute approximate surface area is 220 Å². The van der Waals surface area contributed by atoms with Gasteiger partial charge in [0.25, 0.3) is 0 Å². The summed E-state index contributed by atoms with van der Waals surface area (Å²) in [4.78, 5) is 15.0. The second-order valence-corrected chi connectivity index (χ2v) is 11.2. The van der Waals surface area contributed by atoms with E-state index in [1.54, 1.807) is 24.3 Å². The summed E-state index contributed by atoms with van der Waals surface area (Å²) in [6.07, 6.45) is 5.06. The third kappa shape index (κ3) is 8.50. The van der Waals surface area contributed by atoms with Crippen molar-refractivity contribution in [2.45, 2.75) is 43.5 Å². The van der Waals surface area contributed by atoms with E-state index < -0.39 is 10.0 Å². The second kappa shape index (κ2) is 13.0. The van der Waals surface area contributed by atoms with Gasteiger partial charge in [-0.2, -0.15) is 0 Å². The molecule has 1 amide bonds. The standard InChI is InChI=1S/C29H36N4O3S/c30-37(35,36)28-12-10-23(11-13-28)14-16-31-22-24-6-4-7-25(20-24)26-8-5-9-27(21-26)32-29(34)15-19-33-17-2-1-3-18-33/h4-13,20-21,31H,1-3,14-19,22H2,(H,32,34)(H2,30,35,36). The van der Waals surface area contributed by atoms with Gasteiger partial charge in [0, 0.05) is 25.2 Å². The van der Waals surface area contributed by atoms with Gasteiger partial charge in [-0.15, -0.1) is 0 Å². The lowest BCUT2D eigenvalue weighted by Crippen LogP contribution is -2.32. The monoisotopic (exact) mass is 520 g/mol. The molecule has 0 aliphatic carbocycles. The van der Waals surface area contributed by atoms with Crippen LogP contribution in [0.5, 0.6) is 0 Å². The number of benzene rings is 3. The molecule has 196 valence electrons. The van der Waals surface area contributed by atoms with E-state index in [9.17, 15) is 13.2 Å². The lowest BCUT2D eigenvalue weighted by molar-refractivity contribution is -0.116. The SMILES string of the molecule is NS(=O)(=O)c1ccc(CCNCc2cccc(-c3cccc(NC(=O)CCN4CCCCC4)c3)c2)cc1. The quantitative estimate of drug-likeness (QED) is 0.330. The zero-order chi connectivity index (χ0) is 26.1. The predicted octanol–water partition coefficient (Wildman–Crippen LogP) is 4.15. The van der Waals surface area contributed by atoms with E-state index >= 15 is 0 Å². The number of rotatable bonds is 11. The third-order valence-electron chi connectivity index (χ3n) is 6.68. The van der Waals surface area contributed by atoms with Crippen molar-refractivity contribution in [3.8, 4) is 11.1 Å². The summed E-state index contributed by atoms with van der Waals surface area (Å²) in [7, 11) is -3.66. The van der Waals surface area contributed by atoms with Gasteiger partial charge in [0.1, 0.15) is 0 Å². The van der Waals surface area contributed by atoms with Crippen molar-refractivity contribution >= 4 is 21.6 Å². The summed E-state index contributed by atoms with van der Waals surface area (Å²) in [5, 5.41) is 11.7. The van der Waals surface area contributed by atoms with Crippen LogP contribution in [0.2, 0.25) is 0 Å². The van der Waals surface area contributed by atoms with E-state index in [-0.39, 0.29) is 10.8 Å². The highest BCUT2D eigenvalue weighted by atomic mass is 32.2. The van der Waals surface area contributed by atoms with E-state index in [4.69, 9.17) is 5.14 Å². The molecular weight excluding hydrogens is 484 g/mol. The van der Waals surface area contributed by atoms with Crippen molar-refractivity contribution in [1.82, 2.24) is 10.2 Å². The van der Waals surface area contributed by atoms with Gasteiger partial charge in [0.15, 0.2) is 0 Å². The minimum absolute atomic E-state index is 0.0555. The molecule has 0 saturated carbocycles. The van der Waals surface area contributed by atoms with Gasteiger partial charge in [-0.3, -0.25) is 4.79 Å². The van der Waals surface area contributed by atoms with E-state index in [0.717, 1.165) is 67.1 Å². The van der Waals surface area contributed by atoms with Crippen LogP contribution >= 0.6 is 0 Å². The van der Waals surface area contributed by atoms with E-state index in [0.29, 0.717) is 6.42 Å². The normalized spacial score (nSPS) is 14.4. The number of nitrogens with zero attached hydrogens (tertiary/aromatic N) is 1. The number of anilines is 1. The molecule has 0 atom stereocenters. The third-order valence-corrected chi connectivity index (χ3v) is 7.61. The molecule has 1 heterocycles. The summed E-state index contributed by atoms with van der Waals surface area (Å²) in [6, 6.07) is 23.0. The number of likely N-dealkylation sites (tertiary alicyclic amines) is 1. The average Bonchev–Trinajstić information content (AvgIpc) is 2.91. The molecule has 0 aromatic heterocycles. The lowest BCUT2D eigenvalue weighted by Gasteiger charge is -2.25. The summed E-state index contributed by atoms with van der Waals surface area (Å²) >= 11 is 0. The summed E-state index contributed by atoms with van der Waals surface area (Å²) in [6.45, 7) is 4.50. The highest BCUT2D eigenvalue weighted by Gasteiger charge is 2.12. The van der Waals surface area contributed by atoms with Crippen LogP contribution in [0.3, 0.4) is 0 Å². The number of carbonyl (C=O) groups excluding carboxylic acids is 1. The summed E-state index contributed by atoms with van der Waals surface area (Å²) in [5.41, 5.74) is 5.19. The first kappa shape index (κ1) is 27.0. The molecule has 3 aromatic rings. The zero-order valence-electron chi connectivity index (χ0n) is 21.2. The topological polar surface area (TPSA) is 105 Å². The van der Waals surface area contributed by atoms with Gasteiger partial charge in [-0.25, -0.2) is 13.6 Å². The van der Waals surface area contributed by atoms with E-state index in [1.807, 2.05) is 24.3 Å². The van der Waals surface area contributed by atoms with Crippen LogP contribution in [-0.4, -0.2) is 45.4 Å². The molecule has 3 aromatic carbocycles. The molecule has 4 rings (SSSR count). The Bertz CT molecular complexity index is 1290. The van der Waals surface area contributed by atoms with Crippen molar-refractivity contribution in [1.29, 1.82) is 0 Å². The molecule has 4 N–H and O–H groups in total. The lowest BCUT2D eigenvalue weighted by atomic mass is 10.0. The molecule has 8 heteroatoms. The number of hydrogen-bond donors (Lipinski definition) is 3. The van der Waals surface area contributed by atoms with Gasteiger partial charge < -0.3 is 15.5 Å². The zero-order valence-corrected chi connectivity index (χ0v) is 22.0. The molecule has 1 aliphatic rings. The average molecular weight is 521 g/mol. The van der Waals surface area contributed by atoms with Crippen LogP contribution in [0.25, 0.3) is 11.1 Å². The first-order chi connectivity index (χ1) is 17.9. The van der Waals surface area contributed by atoms with Crippen LogP contribution < -0.4 is 15.8 Å². The van der Waals surface area contributed by atoms with Gasteiger partial charge in [0.2, 0.25) is 15.9 Å². The van der Waals surface area contributed by atoms with Crippen LogP contribution in [0.4, 0.5) is 5.69 Å². The maximum Gasteiger partial charge on any atom is 0.238 e. The minimum Gasteiger partial charge on any atom is -0.326 e. The Morgan fingerprint density at radius 2 is 1.57 bits per heavy atom. The maximum absolute atomic E-state index is 12.5. The van der Waals surface area contributed by atoms with Gasteiger partial charge >= 0.3 is 0 Å². The number of piperidine rings is 1. The molecule has 1 saturated heterocycles.